The zero-order valence-electron chi connectivity index (χ0n) is 15.8. The summed E-state index contributed by atoms with van der Waals surface area (Å²) in [7, 11) is 0. The lowest BCUT2D eigenvalue weighted by molar-refractivity contribution is -0.117. The molecule has 0 unspecified atom stereocenters. The van der Waals surface area contributed by atoms with Gasteiger partial charge in [0.25, 0.3) is 0 Å². The number of aromatic nitrogens is 2. The minimum atomic E-state index is 0.00525. The van der Waals surface area contributed by atoms with Crippen molar-refractivity contribution in [2.45, 2.75) is 18.9 Å². The van der Waals surface area contributed by atoms with Gasteiger partial charge >= 0.3 is 6.01 Å². The molecule has 1 aliphatic rings. The highest BCUT2D eigenvalue weighted by Gasteiger charge is 2.22. The molecule has 3 aromatic rings. The van der Waals surface area contributed by atoms with E-state index in [1.165, 1.54) is 0 Å². The number of piperidine rings is 1. The van der Waals surface area contributed by atoms with E-state index < -0.39 is 0 Å². The fourth-order valence-electron chi connectivity index (χ4n) is 3.36. The average molecular weight is 412 g/mol. The summed E-state index contributed by atoms with van der Waals surface area (Å²) < 4.78 is 5.33. The van der Waals surface area contributed by atoms with Crippen LogP contribution >= 0.6 is 11.6 Å². The molecule has 0 bridgehead atoms. The van der Waals surface area contributed by atoms with Crippen LogP contribution in [0, 0.1) is 0 Å². The molecule has 150 valence electrons. The Morgan fingerprint density at radius 1 is 1.14 bits per heavy atom. The van der Waals surface area contributed by atoms with Gasteiger partial charge in [0.15, 0.2) is 0 Å². The van der Waals surface area contributed by atoms with Gasteiger partial charge in [-0.2, -0.15) is 4.98 Å². The number of halogens is 1. The molecule has 4 rings (SSSR count). The molecular weight excluding hydrogens is 390 g/mol. The number of nitrogens with zero attached hydrogens (tertiary/aromatic N) is 3. The van der Waals surface area contributed by atoms with Crippen LogP contribution in [0.1, 0.15) is 12.8 Å². The van der Waals surface area contributed by atoms with Gasteiger partial charge in [-0.3, -0.25) is 9.69 Å². The molecule has 1 amide bonds. The second-order valence-electron chi connectivity index (χ2n) is 7.04. The van der Waals surface area contributed by atoms with E-state index in [-0.39, 0.29) is 11.9 Å². The maximum atomic E-state index is 12.2. The molecule has 0 aliphatic carbocycles. The number of nitrogens with one attached hydrogen (secondary N) is 2. The van der Waals surface area contributed by atoms with Gasteiger partial charge in [-0.25, -0.2) is 0 Å². The van der Waals surface area contributed by atoms with Crippen molar-refractivity contribution in [1.82, 2.24) is 15.0 Å². The van der Waals surface area contributed by atoms with Crippen LogP contribution in [0.2, 0.25) is 5.02 Å². The fourth-order valence-corrected chi connectivity index (χ4v) is 3.55. The largest absolute Gasteiger partial charge is 0.335 e. The predicted molar refractivity (Wildman–Crippen MR) is 113 cm³/mol. The Kier molecular flexibility index (Phi) is 6.07. The lowest BCUT2D eigenvalue weighted by Gasteiger charge is -2.31. The number of amides is 1. The van der Waals surface area contributed by atoms with Gasteiger partial charge in [0, 0.05) is 35.4 Å². The molecule has 1 fully saturated rings. The van der Waals surface area contributed by atoms with E-state index in [1.54, 1.807) is 12.1 Å². The number of para-hydroxylation sites is 1. The molecule has 8 heteroatoms. The smallest absolute Gasteiger partial charge is 0.322 e. The molecular formula is C21H22ClN5O2. The molecule has 0 saturated carbocycles. The van der Waals surface area contributed by atoms with E-state index in [1.807, 2.05) is 42.5 Å². The van der Waals surface area contributed by atoms with Crippen LogP contribution in [0.25, 0.3) is 11.4 Å². The molecule has 1 saturated heterocycles. The van der Waals surface area contributed by atoms with Crippen LogP contribution in [0.4, 0.5) is 11.7 Å². The van der Waals surface area contributed by atoms with Crippen LogP contribution in [0.3, 0.4) is 0 Å². The standard InChI is InChI=1S/C21H22ClN5O2/c22-16-6-4-5-15(13-16)20-25-21(29-26-20)24-18-9-11-27(12-10-18)14-19(28)23-17-7-2-1-3-8-17/h1-8,13,18H,9-12,14H2,(H,23,28)(H,24,25,26). The van der Waals surface area contributed by atoms with Crippen molar-refractivity contribution in [1.29, 1.82) is 0 Å². The van der Waals surface area contributed by atoms with Gasteiger partial charge in [-0.1, -0.05) is 47.1 Å². The van der Waals surface area contributed by atoms with E-state index in [0.717, 1.165) is 37.2 Å². The molecule has 2 heterocycles. The molecule has 0 atom stereocenters. The topological polar surface area (TPSA) is 83.3 Å². The first-order valence-electron chi connectivity index (χ1n) is 9.59. The molecule has 0 radical (unpaired) electrons. The van der Waals surface area contributed by atoms with Crippen molar-refractivity contribution in [2.24, 2.45) is 0 Å². The van der Waals surface area contributed by atoms with Crippen LogP contribution in [0.15, 0.2) is 59.1 Å². The lowest BCUT2D eigenvalue weighted by Crippen LogP contribution is -2.42. The van der Waals surface area contributed by atoms with E-state index in [0.29, 0.717) is 23.4 Å². The number of rotatable bonds is 6. The van der Waals surface area contributed by atoms with Crippen molar-refractivity contribution in [3.05, 3.63) is 59.6 Å². The second-order valence-corrected chi connectivity index (χ2v) is 7.48. The summed E-state index contributed by atoms with van der Waals surface area (Å²) in [5.41, 5.74) is 1.63. The van der Waals surface area contributed by atoms with Crippen LogP contribution in [-0.2, 0) is 4.79 Å². The zero-order chi connectivity index (χ0) is 20.1. The second kappa shape index (κ2) is 9.07. The van der Waals surface area contributed by atoms with Crippen molar-refractivity contribution in [2.75, 3.05) is 30.3 Å². The van der Waals surface area contributed by atoms with Gasteiger partial charge < -0.3 is 15.2 Å². The Balaban J connectivity index is 1.24. The van der Waals surface area contributed by atoms with Gasteiger partial charge in [0.2, 0.25) is 11.7 Å². The minimum absolute atomic E-state index is 0.00525. The number of carbonyl (C=O) groups is 1. The van der Waals surface area contributed by atoms with Gasteiger partial charge in [-0.15, -0.1) is 0 Å². The Hall–Kier alpha value is -2.90. The Morgan fingerprint density at radius 2 is 1.93 bits per heavy atom. The number of hydrogen-bond donors (Lipinski definition) is 2. The molecule has 7 nitrogen and oxygen atoms in total. The van der Waals surface area contributed by atoms with Crippen LogP contribution < -0.4 is 10.6 Å². The summed E-state index contributed by atoms with van der Waals surface area (Å²) in [5, 5.41) is 10.9. The third-order valence-electron chi connectivity index (χ3n) is 4.85. The Labute approximate surface area is 174 Å². The molecule has 1 aliphatic heterocycles. The third kappa shape index (κ3) is 5.34. The van der Waals surface area contributed by atoms with Crippen molar-refractivity contribution < 1.29 is 9.32 Å². The SMILES string of the molecule is O=C(CN1CCC(Nc2nc(-c3cccc(Cl)c3)no2)CC1)Nc1ccccc1. The number of hydrogen-bond acceptors (Lipinski definition) is 6. The maximum absolute atomic E-state index is 12.2. The summed E-state index contributed by atoms with van der Waals surface area (Å²) >= 11 is 6.02. The minimum Gasteiger partial charge on any atom is -0.335 e. The molecule has 2 N–H and O–H groups in total. The van der Waals surface area contributed by atoms with Crippen molar-refractivity contribution in [3.8, 4) is 11.4 Å². The summed E-state index contributed by atoms with van der Waals surface area (Å²) in [6, 6.07) is 17.5. The fraction of sp³-hybridized carbons (Fsp3) is 0.286. The quantitative estimate of drug-likeness (QED) is 0.640. The predicted octanol–water partition coefficient (Wildman–Crippen LogP) is 3.91. The highest BCUT2D eigenvalue weighted by molar-refractivity contribution is 6.30. The summed E-state index contributed by atoms with van der Waals surface area (Å²) in [6.45, 7) is 2.05. The third-order valence-corrected chi connectivity index (χ3v) is 5.08. The van der Waals surface area contributed by atoms with E-state index in [4.69, 9.17) is 16.1 Å². The first kappa shape index (κ1) is 19.4. The molecule has 1 aromatic heterocycles. The lowest BCUT2D eigenvalue weighted by atomic mass is 10.1. The van der Waals surface area contributed by atoms with E-state index in [9.17, 15) is 4.79 Å². The number of likely N-dealkylation sites (tertiary alicyclic amines) is 1. The van der Waals surface area contributed by atoms with Crippen LogP contribution in [-0.4, -0.2) is 46.6 Å². The van der Waals surface area contributed by atoms with Crippen LogP contribution in [0.5, 0.6) is 0 Å². The maximum Gasteiger partial charge on any atom is 0.322 e. The van der Waals surface area contributed by atoms with Crippen molar-refractivity contribution in [3.63, 3.8) is 0 Å². The monoisotopic (exact) mass is 411 g/mol. The average Bonchev–Trinajstić information content (AvgIpc) is 3.19. The van der Waals surface area contributed by atoms with Gasteiger partial charge in [-0.05, 0) is 37.1 Å². The normalized spacial score (nSPS) is 15.2. The highest BCUT2D eigenvalue weighted by atomic mass is 35.5. The molecule has 2 aromatic carbocycles. The number of carbonyl (C=O) groups excluding carboxylic acids is 1. The highest BCUT2D eigenvalue weighted by Crippen LogP contribution is 2.22. The summed E-state index contributed by atoms with van der Waals surface area (Å²) in [6.07, 6.45) is 1.79. The first-order valence-corrected chi connectivity index (χ1v) is 9.97. The number of benzene rings is 2. The first-order chi connectivity index (χ1) is 14.2. The summed E-state index contributed by atoms with van der Waals surface area (Å²) in [5.74, 6) is 0.510. The van der Waals surface area contributed by atoms with E-state index >= 15 is 0 Å². The Morgan fingerprint density at radius 3 is 2.69 bits per heavy atom. The number of anilines is 2. The Bertz CT molecular complexity index is 954. The summed E-state index contributed by atoms with van der Waals surface area (Å²) in [4.78, 5) is 18.8. The van der Waals surface area contributed by atoms with E-state index in [2.05, 4.69) is 25.7 Å². The molecule has 29 heavy (non-hydrogen) atoms. The molecule has 0 spiro atoms. The zero-order valence-corrected chi connectivity index (χ0v) is 16.6. The van der Waals surface area contributed by atoms with Gasteiger partial charge in [0.1, 0.15) is 0 Å². The van der Waals surface area contributed by atoms with Crippen molar-refractivity contribution >= 4 is 29.2 Å². The van der Waals surface area contributed by atoms with Gasteiger partial charge in [0.05, 0.1) is 6.54 Å².